The highest BCUT2D eigenvalue weighted by molar-refractivity contribution is 6.58. The highest BCUT2D eigenvalue weighted by Gasteiger charge is 2.08. The SMILES string of the molecule is CN(C)c1ccc(/C=C/C=C/c2ccc(B(O)O)cc2)cc1. The van der Waals surface area contributed by atoms with Gasteiger partial charge in [-0.2, -0.15) is 0 Å². The third-order valence-corrected chi connectivity index (χ3v) is 3.33. The summed E-state index contributed by atoms with van der Waals surface area (Å²) in [4.78, 5) is 2.07. The summed E-state index contributed by atoms with van der Waals surface area (Å²) in [6, 6.07) is 15.4. The number of hydrogen-bond donors (Lipinski definition) is 2. The number of nitrogens with zero attached hydrogens (tertiary/aromatic N) is 1. The van der Waals surface area contributed by atoms with Gasteiger partial charge >= 0.3 is 7.12 Å². The zero-order chi connectivity index (χ0) is 15.9. The Kier molecular flexibility index (Phi) is 5.58. The van der Waals surface area contributed by atoms with E-state index in [9.17, 15) is 0 Å². The van der Waals surface area contributed by atoms with Crippen LogP contribution in [0.1, 0.15) is 11.1 Å². The first-order valence-corrected chi connectivity index (χ1v) is 7.14. The second-order valence-electron chi connectivity index (χ2n) is 5.24. The molecular formula is C18H20BNO2. The normalized spacial score (nSPS) is 11.3. The lowest BCUT2D eigenvalue weighted by atomic mass is 9.80. The zero-order valence-electron chi connectivity index (χ0n) is 12.8. The Morgan fingerprint density at radius 2 is 1.23 bits per heavy atom. The summed E-state index contributed by atoms with van der Waals surface area (Å²) in [6.45, 7) is 0. The van der Waals surface area contributed by atoms with Crippen LogP contribution in [0.25, 0.3) is 12.2 Å². The van der Waals surface area contributed by atoms with Gasteiger partial charge in [-0.25, -0.2) is 0 Å². The van der Waals surface area contributed by atoms with E-state index in [1.165, 1.54) is 5.69 Å². The monoisotopic (exact) mass is 293 g/mol. The van der Waals surface area contributed by atoms with Crippen molar-refractivity contribution in [1.82, 2.24) is 0 Å². The fourth-order valence-electron chi connectivity index (χ4n) is 2.00. The maximum atomic E-state index is 9.03. The molecule has 0 fully saturated rings. The molecule has 22 heavy (non-hydrogen) atoms. The van der Waals surface area contributed by atoms with Crippen LogP contribution in [0.4, 0.5) is 5.69 Å². The van der Waals surface area contributed by atoms with Crippen LogP contribution in [0, 0.1) is 0 Å². The lowest BCUT2D eigenvalue weighted by Crippen LogP contribution is -2.29. The Morgan fingerprint density at radius 3 is 1.64 bits per heavy atom. The van der Waals surface area contributed by atoms with Crippen LogP contribution in [0.3, 0.4) is 0 Å². The van der Waals surface area contributed by atoms with Gasteiger partial charge in [0.15, 0.2) is 0 Å². The van der Waals surface area contributed by atoms with Crippen molar-refractivity contribution in [2.45, 2.75) is 0 Å². The molecule has 0 heterocycles. The second-order valence-corrected chi connectivity index (χ2v) is 5.24. The first-order valence-electron chi connectivity index (χ1n) is 7.14. The molecule has 0 radical (unpaired) electrons. The van der Waals surface area contributed by atoms with E-state index >= 15 is 0 Å². The van der Waals surface area contributed by atoms with E-state index in [1.54, 1.807) is 12.1 Å². The minimum atomic E-state index is -1.41. The summed E-state index contributed by atoms with van der Waals surface area (Å²) in [7, 11) is 2.63. The maximum Gasteiger partial charge on any atom is 0.488 e. The van der Waals surface area contributed by atoms with Crippen LogP contribution in [0.5, 0.6) is 0 Å². The van der Waals surface area contributed by atoms with Gasteiger partial charge in [0, 0.05) is 19.8 Å². The Hall–Kier alpha value is -2.30. The molecule has 2 N–H and O–H groups in total. The van der Waals surface area contributed by atoms with Crippen molar-refractivity contribution in [2.24, 2.45) is 0 Å². The summed E-state index contributed by atoms with van der Waals surface area (Å²) < 4.78 is 0. The Labute approximate surface area is 132 Å². The van der Waals surface area contributed by atoms with E-state index in [0.717, 1.165) is 11.1 Å². The summed E-state index contributed by atoms with van der Waals surface area (Å²) in [5.41, 5.74) is 3.83. The Bertz CT molecular complexity index is 584. The van der Waals surface area contributed by atoms with E-state index < -0.39 is 7.12 Å². The smallest absolute Gasteiger partial charge is 0.423 e. The lowest BCUT2D eigenvalue weighted by Gasteiger charge is -2.11. The molecule has 3 nitrogen and oxygen atoms in total. The molecule has 0 aliphatic rings. The fraction of sp³-hybridized carbons (Fsp3) is 0.111. The third-order valence-electron chi connectivity index (χ3n) is 3.33. The molecule has 0 bridgehead atoms. The summed E-state index contributed by atoms with van der Waals surface area (Å²) in [5, 5.41) is 18.1. The third kappa shape index (κ3) is 4.62. The molecule has 0 atom stereocenters. The molecule has 2 aromatic carbocycles. The Morgan fingerprint density at radius 1 is 0.773 bits per heavy atom. The molecular weight excluding hydrogens is 273 g/mol. The number of anilines is 1. The number of hydrogen-bond acceptors (Lipinski definition) is 3. The van der Waals surface area contributed by atoms with Crippen molar-refractivity contribution >= 4 is 30.4 Å². The van der Waals surface area contributed by atoms with Crippen LogP contribution < -0.4 is 10.4 Å². The van der Waals surface area contributed by atoms with Gasteiger partial charge in [0.05, 0.1) is 0 Å². The molecule has 0 spiro atoms. The molecule has 2 aromatic rings. The van der Waals surface area contributed by atoms with E-state index in [4.69, 9.17) is 10.0 Å². The van der Waals surface area contributed by atoms with Crippen LogP contribution in [0.15, 0.2) is 60.7 Å². The first kappa shape index (κ1) is 16.1. The molecule has 0 saturated carbocycles. The number of allylic oxidation sites excluding steroid dienone is 2. The maximum absolute atomic E-state index is 9.03. The molecule has 2 rings (SSSR count). The van der Waals surface area contributed by atoms with Gasteiger partial charge in [0.1, 0.15) is 0 Å². The standard InChI is InChI=1S/C18H20BNO2/c1-20(2)18-13-9-16(10-14-18)6-4-3-5-15-7-11-17(12-8-15)19(21)22/h3-14,21-22H,1-2H3/b5-3+,6-4+. The molecule has 4 heteroatoms. The zero-order valence-corrected chi connectivity index (χ0v) is 12.8. The molecule has 0 saturated heterocycles. The average molecular weight is 293 g/mol. The van der Waals surface area contributed by atoms with Gasteiger partial charge in [-0.3, -0.25) is 0 Å². The minimum Gasteiger partial charge on any atom is -0.423 e. The number of benzene rings is 2. The molecule has 0 amide bonds. The van der Waals surface area contributed by atoms with Crippen molar-refractivity contribution in [3.63, 3.8) is 0 Å². The van der Waals surface area contributed by atoms with Crippen LogP contribution in [-0.4, -0.2) is 31.3 Å². The predicted molar refractivity (Wildman–Crippen MR) is 95.1 cm³/mol. The summed E-state index contributed by atoms with van der Waals surface area (Å²) in [6.07, 6.45) is 7.96. The predicted octanol–water partition coefficient (Wildman–Crippen LogP) is 2.16. The van der Waals surface area contributed by atoms with Crippen molar-refractivity contribution in [1.29, 1.82) is 0 Å². The minimum absolute atomic E-state index is 0.494. The lowest BCUT2D eigenvalue weighted by molar-refractivity contribution is 0.426. The highest BCUT2D eigenvalue weighted by atomic mass is 16.4. The molecule has 0 unspecified atom stereocenters. The van der Waals surface area contributed by atoms with E-state index in [-0.39, 0.29) is 0 Å². The first-order chi connectivity index (χ1) is 10.6. The summed E-state index contributed by atoms with van der Waals surface area (Å²) >= 11 is 0. The van der Waals surface area contributed by atoms with Gasteiger partial charge < -0.3 is 14.9 Å². The van der Waals surface area contributed by atoms with Gasteiger partial charge in [-0.05, 0) is 28.7 Å². The quantitative estimate of drug-likeness (QED) is 0.656. The highest BCUT2D eigenvalue weighted by Crippen LogP contribution is 2.13. The largest absolute Gasteiger partial charge is 0.488 e. The van der Waals surface area contributed by atoms with Crippen molar-refractivity contribution in [3.8, 4) is 0 Å². The summed E-state index contributed by atoms with van der Waals surface area (Å²) in [5.74, 6) is 0. The van der Waals surface area contributed by atoms with E-state index in [1.807, 2.05) is 50.5 Å². The van der Waals surface area contributed by atoms with Crippen LogP contribution in [0.2, 0.25) is 0 Å². The average Bonchev–Trinajstić information content (AvgIpc) is 2.52. The Balaban J connectivity index is 1.96. The molecule has 112 valence electrons. The van der Waals surface area contributed by atoms with Gasteiger partial charge in [-0.15, -0.1) is 0 Å². The van der Waals surface area contributed by atoms with Crippen LogP contribution >= 0.6 is 0 Å². The fourth-order valence-corrected chi connectivity index (χ4v) is 2.00. The molecule has 0 aromatic heterocycles. The van der Waals surface area contributed by atoms with Crippen molar-refractivity contribution in [3.05, 3.63) is 71.8 Å². The van der Waals surface area contributed by atoms with E-state index in [0.29, 0.717) is 5.46 Å². The van der Waals surface area contributed by atoms with Crippen molar-refractivity contribution in [2.75, 3.05) is 19.0 Å². The van der Waals surface area contributed by atoms with Crippen molar-refractivity contribution < 1.29 is 10.0 Å². The van der Waals surface area contributed by atoms with Gasteiger partial charge in [0.25, 0.3) is 0 Å². The topological polar surface area (TPSA) is 43.7 Å². The van der Waals surface area contributed by atoms with Gasteiger partial charge in [0.2, 0.25) is 0 Å². The van der Waals surface area contributed by atoms with E-state index in [2.05, 4.69) is 29.2 Å². The van der Waals surface area contributed by atoms with Crippen LogP contribution in [-0.2, 0) is 0 Å². The van der Waals surface area contributed by atoms with Gasteiger partial charge in [-0.1, -0.05) is 60.7 Å². The molecule has 0 aliphatic carbocycles. The number of rotatable bonds is 5. The second kappa shape index (κ2) is 7.64. The molecule has 0 aliphatic heterocycles.